The van der Waals surface area contributed by atoms with Crippen molar-refractivity contribution in [3.8, 4) is 0 Å². The number of nitrogens with one attached hydrogen (secondary N) is 2. The smallest absolute Gasteiger partial charge is 0.243 e. The molecule has 0 spiro atoms. The molecule has 3 atom stereocenters. The van der Waals surface area contributed by atoms with Crippen LogP contribution < -0.4 is 16.5 Å². The molecule has 0 aromatic heterocycles. The van der Waals surface area contributed by atoms with Crippen LogP contribution in [-0.4, -0.2) is 75.7 Å². The number of rotatable bonds is 16. The van der Waals surface area contributed by atoms with E-state index in [9.17, 15) is 9.59 Å². The normalized spacial score (nSPS) is 14.8. The second kappa shape index (κ2) is 15.2. The molecular weight excluding hydrogens is 330 g/mol. The molecule has 9 heteroatoms. The highest BCUT2D eigenvalue weighted by molar-refractivity contribution is 5.87. The van der Waals surface area contributed by atoms with Crippen LogP contribution in [0, 0.1) is 5.92 Å². The van der Waals surface area contributed by atoms with E-state index in [0.29, 0.717) is 39.6 Å². The third-order valence-electron chi connectivity index (χ3n) is 3.89. The van der Waals surface area contributed by atoms with Crippen LogP contribution in [0.25, 0.3) is 0 Å². The highest BCUT2D eigenvalue weighted by atomic mass is 16.5. The minimum absolute atomic E-state index is 0.0121. The SMILES string of the molecule is COCCOCCOCCNC(C)C(C)C(=O)[C@@H](N)CCC(=O)NO. The zero-order valence-electron chi connectivity index (χ0n) is 15.5. The van der Waals surface area contributed by atoms with Crippen LogP contribution in [0.3, 0.4) is 0 Å². The van der Waals surface area contributed by atoms with Crippen LogP contribution in [0.1, 0.15) is 26.7 Å². The average Bonchev–Trinajstić information content (AvgIpc) is 2.62. The Balaban J connectivity index is 3.80. The highest BCUT2D eigenvalue weighted by Gasteiger charge is 2.25. The third-order valence-corrected chi connectivity index (χ3v) is 3.89. The van der Waals surface area contributed by atoms with E-state index in [2.05, 4.69) is 5.32 Å². The third kappa shape index (κ3) is 12.0. The van der Waals surface area contributed by atoms with Crippen molar-refractivity contribution in [2.24, 2.45) is 11.7 Å². The average molecular weight is 363 g/mol. The summed E-state index contributed by atoms with van der Waals surface area (Å²) in [6, 6.07) is -0.788. The molecule has 0 saturated heterocycles. The van der Waals surface area contributed by atoms with Gasteiger partial charge in [0.1, 0.15) is 0 Å². The van der Waals surface area contributed by atoms with Gasteiger partial charge in [-0.25, -0.2) is 5.48 Å². The minimum atomic E-state index is -0.725. The fraction of sp³-hybridized carbons (Fsp3) is 0.875. The summed E-state index contributed by atoms with van der Waals surface area (Å²) in [5.74, 6) is -0.951. The van der Waals surface area contributed by atoms with Gasteiger partial charge in [0, 0.05) is 32.0 Å². The number of methoxy groups -OCH3 is 1. The Morgan fingerprint density at radius 3 is 2.28 bits per heavy atom. The van der Waals surface area contributed by atoms with Crippen molar-refractivity contribution >= 4 is 11.7 Å². The molecular formula is C16H33N3O6. The number of hydrogen-bond acceptors (Lipinski definition) is 8. The monoisotopic (exact) mass is 363 g/mol. The number of nitrogens with two attached hydrogens (primary N) is 1. The standard InChI is InChI=1S/C16H33N3O6/c1-12(16(21)14(17)4-5-15(20)19-22)13(2)18-6-7-24-10-11-25-9-8-23-3/h12-14,18,22H,4-11,17H2,1-3H3,(H,19,20)/t12?,13?,14-/m0/s1. The molecule has 0 aromatic rings. The van der Waals surface area contributed by atoms with E-state index in [1.165, 1.54) is 5.48 Å². The molecule has 0 radical (unpaired) electrons. The number of carbonyl (C=O) groups excluding carboxylic acids is 2. The van der Waals surface area contributed by atoms with Gasteiger partial charge >= 0.3 is 0 Å². The van der Waals surface area contributed by atoms with Gasteiger partial charge in [0.15, 0.2) is 5.78 Å². The van der Waals surface area contributed by atoms with Crippen molar-refractivity contribution in [3.05, 3.63) is 0 Å². The first-order chi connectivity index (χ1) is 11.9. The summed E-state index contributed by atoms with van der Waals surface area (Å²) >= 11 is 0. The maximum absolute atomic E-state index is 12.2. The fourth-order valence-corrected chi connectivity index (χ4v) is 2.07. The number of carbonyl (C=O) groups is 2. The predicted octanol–water partition coefficient (Wildman–Crippen LogP) is -0.538. The molecule has 0 heterocycles. The number of hydroxylamine groups is 1. The Labute approximate surface area is 149 Å². The van der Waals surface area contributed by atoms with Gasteiger partial charge < -0.3 is 25.3 Å². The molecule has 5 N–H and O–H groups in total. The Kier molecular flexibility index (Phi) is 14.5. The van der Waals surface area contributed by atoms with Crippen LogP contribution >= 0.6 is 0 Å². The summed E-state index contributed by atoms with van der Waals surface area (Å²) in [6.45, 7) is 6.98. The van der Waals surface area contributed by atoms with E-state index in [4.69, 9.17) is 25.2 Å². The summed E-state index contributed by atoms with van der Waals surface area (Å²) in [7, 11) is 1.62. The van der Waals surface area contributed by atoms with Gasteiger partial charge in [-0.1, -0.05) is 6.92 Å². The minimum Gasteiger partial charge on any atom is -0.382 e. The number of hydrogen-bond donors (Lipinski definition) is 4. The quantitative estimate of drug-likeness (QED) is 0.163. The molecule has 148 valence electrons. The van der Waals surface area contributed by atoms with Gasteiger partial charge in [-0.05, 0) is 13.3 Å². The first kappa shape index (κ1) is 23.9. The van der Waals surface area contributed by atoms with Crippen molar-refractivity contribution in [1.29, 1.82) is 0 Å². The second-order valence-electron chi connectivity index (χ2n) is 5.83. The Bertz CT molecular complexity index is 370. The van der Waals surface area contributed by atoms with E-state index in [1.807, 2.05) is 6.92 Å². The maximum Gasteiger partial charge on any atom is 0.243 e. The topological polar surface area (TPSA) is 132 Å². The molecule has 0 fully saturated rings. The summed E-state index contributed by atoms with van der Waals surface area (Å²) in [5.41, 5.74) is 7.34. The van der Waals surface area contributed by atoms with E-state index in [-0.39, 0.29) is 30.6 Å². The Morgan fingerprint density at radius 1 is 1.08 bits per heavy atom. The predicted molar refractivity (Wildman–Crippen MR) is 92.3 cm³/mol. The maximum atomic E-state index is 12.2. The molecule has 0 rings (SSSR count). The van der Waals surface area contributed by atoms with Crippen molar-refractivity contribution < 1.29 is 29.0 Å². The molecule has 0 aliphatic carbocycles. The molecule has 25 heavy (non-hydrogen) atoms. The lowest BCUT2D eigenvalue weighted by Gasteiger charge is -2.23. The van der Waals surface area contributed by atoms with Gasteiger partial charge in [-0.2, -0.15) is 0 Å². The van der Waals surface area contributed by atoms with E-state index >= 15 is 0 Å². The number of ether oxygens (including phenoxy) is 3. The lowest BCUT2D eigenvalue weighted by Crippen LogP contribution is -2.44. The molecule has 0 bridgehead atoms. The summed E-state index contributed by atoms with van der Waals surface area (Å²) in [5, 5.41) is 11.7. The van der Waals surface area contributed by atoms with Crippen molar-refractivity contribution in [1.82, 2.24) is 10.8 Å². The van der Waals surface area contributed by atoms with Gasteiger partial charge in [-0.15, -0.1) is 0 Å². The summed E-state index contributed by atoms with van der Waals surface area (Å²) in [4.78, 5) is 23.2. The number of amides is 1. The van der Waals surface area contributed by atoms with E-state index in [0.717, 1.165) is 0 Å². The summed E-state index contributed by atoms with van der Waals surface area (Å²) < 4.78 is 15.6. The van der Waals surface area contributed by atoms with Crippen molar-refractivity contribution in [3.63, 3.8) is 0 Å². The zero-order valence-corrected chi connectivity index (χ0v) is 15.5. The van der Waals surface area contributed by atoms with Crippen LogP contribution in [0.4, 0.5) is 0 Å². The van der Waals surface area contributed by atoms with Gasteiger partial charge in [-0.3, -0.25) is 14.8 Å². The van der Waals surface area contributed by atoms with E-state index < -0.39 is 11.9 Å². The Hall–Kier alpha value is -1.10. The Morgan fingerprint density at radius 2 is 1.68 bits per heavy atom. The van der Waals surface area contributed by atoms with Crippen molar-refractivity contribution in [2.45, 2.75) is 38.8 Å². The lowest BCUT2D eigenvalue weighted by atomic mass is 9.92. The van der Waals surface area contributed by atoms with Crippen molar-refractivity contribution in [2.75, 3.05) is 46.7 Å². The molecule has 0 aromatic carbocycles. The first-order valence-corrected chi connectivity index (χ1v) is 8.54. The van der Waals surface area contributed by atoms with Gasteiger partial charge in [0.25, 0.3) is 0 Å². The van der Waals surface area contributed by atoms with Gasteiger partial charge in [0.2, 0.25) is 5.91 Å². The van der Waals surface area contributed by atoms with Crippen LogP contribution in [-0.2, 0) is 23.8 Å². The second-order valence-corrected chi connectivity index (χ2v) is 5.83. The zero-order chi connectivity index (χ0) is 19.1. The highest BCUT2D eigenvalue weighted by Crippen LogP contribution is 2.09. The number of ketones is 1. The fourth-order valence-electron chi connectivity index (χ4n) is 2.07. The molecule has 2 unspecified atom stereocenters. The molecule has 0 aliphatic rings. The molecule has 0 aliphatic heterocycles. The lowest BCUT2D eigenvalue weighted by molar-refractivity contribution is -0.129. The first-order valence-electron chi connectivity index (χ1n) is 8.54. The van der Waals surface area contributed by atoms with Gasteiger partial charge in [0.05, 0.1) is 39.1 Å². The van der Waals surface area contributed by atoms with Crippen LogP contribution in [0.2, 0.25) is 0 Å². The largest absolute Gasteiger partial charge is 0.382 e. The van der Waals surface area contributed by atoms with Crippen LogP contribution in [0.5, 0.6) is 0 Å². The summed E-state index contributed by atoms with van der Waals surface area (Å²) in [6.07, 6.45) is 0.215. The number of Topliss-reactive ketones (excluding diaryl/α,β-unsaturated/α-hetero) is 1. The van der Waals surface area contributed by atoms with Crippen LogP contribution in [0.15, 0.2) is 0 Å². The molecule has 0 saturated carbocycles. The molecule has 1 amide bonds. The van der Waals surface area contributed by atoms with E-state index in [1.54, 1.807) is 14.0 Å². The molecule has 9 nitrogen and oxygen atoms in total.